The third kappa shape index (κ3) is 6.02. The fourth-order valence-electron chi connectivity index (χ4n) is 4.46. The molecule has 0 fully saturated rings. The molecule has 2 heteroatoms. The van der Waals surface area contributed by atoms with Gasteiger partial charge in [0.15, 0.2) is 0 Å². The van der Waals surface area contributed by atoms with Crippen molar-refractivity contribution in [1.82, 2.24) is 0 Å². The molecular formula is C26H41NSn. The van der Waals surface area contributed by atoms with Gasteiger partial charge in [0.25, 0.3) is 0 Å². The number of rotatable bonds is 12. The van der Waals surface area contributed by atoms with Gasteiger partial charge >= 0.3 is 179 Å². The Morgan fingerprint density at radius 1 is 0.714 bits per heavy atom. The molecule has 0 heterocycles. The van der Waals surface area contributed by atoms with Crippen LogP contribution < -0.4 is 8.48 Å². The standard InChI is InChI=1S/C14H14N.3C4H9.Sn/c1-15(2)14-11-7-6-10-13(14)12-8-4-3-5-9-12;3*1-3-4-2;/h3-5,7-11H,1-2H3;3*1,3-4H2,2H3;. The van der Waals surface area contributed by atoms with Crippen LogP contribution in [-0.2, 0) is 0 Å². The first-order valence-electron chi connectivity index (χ1n) is 11.4. The number of hydrogen-bond donors (Lipinski definition) is 0. The molecule has 1 nitrogen and oxygen atoms in total. The number of nitrogens with zero attached hydrogens (tertiary/aromatic N) is 1. The van der Waals surface area contributed by atoms with Crippen LogP contribution in [0.2, 0.25) is 13.3 Å². The minimum atomic E-state index is -2.40. The molecule has 0 bridgehead atoms. The second-order valence-electron chi connectivity index (χ2n) is 8.58. The summed E-state index contributed by atoms with van der Waals surface area (Å²) in [6, 6.07) is 18.6. The van der Waals surface area contributed by atoms with Crippen molar-refractivity contribution in [2.24, 2.45) is 0 Å². The third-order valence-electron chi connectivity index (χ3n) is 6.20. The van der Waals surface area contributed by atoms with E-state index in [0.29, 0.717) is 0 Å². The molecule has 0 aliphatic heterocycles. The van der Waals surface area contributed by atoms with Crippen LogP contribution in [0.5, 0.6) is 0 Å². The van der Waals surface area contributed by atoms with Crippen molar-refractivity contribution in [3.8, 4) is 11.1 Å². The molecule has 0 spiro atoms. The van der Waals surface area contributed by atoms with Gasteiger partial charge in [0.05, 0.1) is 0 Å². The fourth-order valence-corrected chi connectivity index (χ4v) is 20.4. The van der Waals surface area contributed by atoms with Crippen molar-refractivity contribution in [3.63, 3.8) is 0 Å². The second kappa shape index (κ2) is 11.9. The van der Waals surface area contributed by atoms with Gasteiger partial charge in [-0.15, -0.1) is 0 Å². The Bertz CT molecular complexity index is 671. The molecule has 0 atom stereocenters. The Kier molecular flexibility index (Phi) is 9.91. The van der Waals surface area contributed by atoms with E-state index in [1.54, 1.807) is 3.58 Å². The first kappa shape index (κ1) is 23.3. The molecule has 0 aliphatic rings. The van der Waals surface area contributed by atoms with Crippen LogP contribution in [0, 0.1) is 0 Å². The Balaban J connectivity index is 2.57. The molecule has 0 radical (unpaired) electrons. The summed E-state index contributed by atoms with van der Waals surface area (Å²) < 4.78 is 6.36. The van der Waals surface area contributed by atoms with Gasteiger partial charge in [-0.2, -0.15) is 0 Å². The molecule has 28 heavy (non-hydrogen) atoms. The molecule has 2 aromatic rings. The van der Waals surface area contributed by atoms with Gasteiger partial charge < -0.3 is 0 Å². The normalized spacial score (nSPS) is 11.6. The average molecular weight is 486 g/mol. The first-order valence-corrected chi connectivity index (χ1v) is 18.9. The monoisotopic (exact) mass is 487 g/mol. The fraction of sp³-hybridized carbons (Fsp3) is 0.538. The van der Waals surface area contributed by atoms with E-state index in [2.05, 4.69) is 88.3 Å². The molecule has 154 valence electrons. The molecule has 0 amide bonds. The molecule has 0 saturated heterocycles. The molecule has 0 unspecified atom stereocenters. The van der Waals surface area contributed by atoms with E-state index in [-0.39, 0.29) is 0 Å². The average Bonchev–Trinajstić information content (AvgIpc) is 2.73. The van der Waals surface area contributed by atoms with Crippen LogP contribution in [0.4, 0.5) is 5.69 Å². The van der Waals surface area contributed by atoms with Gasteiger partial charge in [0, 0.05) is 0 Å². The summed E-state index contributed by atoms with van der Waals surface area (Å²) >= 11 is -2.40. The van der Waals surface area contributed by atoms with Gasteiger partial charge in [-0.25, -0.2) is 0 Å². The van der Waals surface area contributed by atoms with E-state index in [9.17, 15) is 0 Å². The number of unbranched alkanes of at least 4 members (excludes halogenated alkanes) is 3. The predicted octanol–water partition coefficient (Wildman–Crippen LogP) is 7.48. The first-order chi connectivity index (χ1) is 13.6. The van der Waals surface area contributed by atoms with Crippen molar-refractivity contribution in [1.29, 1.82) is 0 Å². The van der Waals surface area contributed by atoms with Crippen molar-refractivity contribution >= 4 is 27.6 Å². The van der Waals surface area contributed by atoms with Crippen LogP contribution in [0.25, 0.3) is 11.1 Å². The molecular weight excluding hydrogens is 445 g/mol. The minimum absolute atomic E-state index is 1.33. The maximum atomic E-state index is 2.61. The van der Waals surface area contributed by atoms with Crippen LogP contribution in [-0.4, -0.2) is 32.5 Å². The van der Waals surface area contributed by atoms with E-state index >= 15 is 0 Å². The van der Waals surface area contributed by atoms with E-state index in [1.807, 2.05) is 0 Å². The summed E-state index contributed by atoms with van der Waals surface area (Å²) in [5.41, 5.74) is 4.12. The summed E-state index contributed by atoms with van der Waals surface area (Å²) in [5.74, 6) is 0. The van der Waals surface area contributed by atoms with Crippen molar-refractivity contribution < 1.29 is 0 Å². The van der Waals surface area contributed by atoms with Crippen LogP contribution >= 0.6 is 0 Å². The Labute approximate surface area is 178 Å². The zero-order chi connectivity index (χ0) is 20.4. The van der Waals surface area contributed by atoms with Gasteiger partial charge in [0.2, 0.25) is 0 Å². The number of benzene rings is 2. The zero-order valence-electron chi connectivity index (χ0n) is 18.9. The van der Waals surface area contributed by atoms with E-state index in [4.69, 9.17) is 0 Å². The summed E-state index contributed by atoms with van der Waals surface area (Å²) in [5, 5.41) is 0. The quantitative estimate of drug-likeness (QED) is 0.281. The summed E-state index contributed by atoms with van der Waals surface area (Å²) in [6.45, 7) is 7.09. The zero-order valence-corrected chi connectivity index (χ0v) is 21.8. The van der Waals surface area contributed by atoms with E-state index in [0.717, 1.165) is 0 Å². The molecule has 2 rings (SSSR count). The third-order valence-corrected chi connectivity index (χ3v) is 21.8. The van der Waals surface area contributed by atoms with Gasteiger partial charge in [-0.1, -0.05) is 0 Å². The summed E-state index contributed by atoms with van der Waals surface area (Å²) in [4.78, 5) is 2.27. The van der Waals surface area contributed by atoms with Crippen LogP contribution in [0.3, 0.4) is 0 Å². The van der Waals surface area contributed by atoms with Crippen LogP contribution in [0.15, 0.2) is 48.5 Å². The second-order valence-corrected chi connectivity index (χ2v) is 21.8. The Morgan fingerprint density at radius 2 is 1.25 bits per heavy atom. The number of hydrogen-bond acceptors (Lipinski definition) is 1. The molecule has 0 aromatic heterocycles. The number of anilines is 1. The van der Waals surface area contributed by atoms with Crippen molar-refractivity contribution in [3.05, 3.63) is 48.5 Å². The van der Waals surface area contributed by atoms with Crippen molar-refractivity contribution in [2.45, 2.75) is 72.6 Å². The molecule has 0 saturated carbocycles. The predicted molar refractivity (Wildman–Crippen MR) is 131 cm³/mol. The van der Waals surface area contributed by atoms with Gasteiger partial charge in [-0.3, -0.25) is 0 Å². The maximum absolute atomic E-state index is 2.61. The summed E-state index contributed by atoms with van der Waals surface area (Å²) in [6.07, 6.45) is 8.24. The van der Waals surface area contributed by atoms with Gasteiger partial charge in [-0.05, 0) is 0 Å². The Morgan fingerprint density at radius 3 is 1.71 bits per heavy atom. The topological polar surface area (TPSA) is 3.24 Å². The Hall–Kier alpha value is -0.961. The SMILES string of the molecule is CCC[CH2][Sn]([CH2]CCC)([CH2]CCC)[c]1ccc(N(C)C)c(-c2ccccc2)c1. The van der Waals surface area contributed by atoms with Crippen molar-refractivity contribution in [2.75, 3.05) is 19.0 Å². The molecule has 2 aromatic carbocycles. The molecule has 0 N–H and O–H groups in total. The van der Waals surface area contributed by atoms with E-state index < -0.39 is 18.4 Å². The summed E-state index contributed by atoms with van der Waals surface area (Å²) in [7, 11) is 4.34. The van der Waals surface area contributed by atoms with Crippen LogP contribution in [0.1, 0.15) is 59.3 Å². The van der Waals surface area contributed by atoms with Gasteiger partial charge in [0.1, 0.15) is 0 Å². The van der Waals surface area contributed by atoms with E-state index in [1.165, 1.54) is 68.6 Å². The molecule has 0 aliphatic carbocycles.